The molecular formula is C13H14N2O2S. The van der Waals surface area contributed by atoms with E-state index < -0.39 is 0 Å². The van der Waals surface area contributed by atoms with Crippen molar-refractivity contribution in [2.45, 2.75) is 13.0 Å². The van der Waals surface area contributed by atoms with Crippen molar-refractivity contribution in [3.05, 3.63) is 28.8 Å². The number of rotatable bonds is 2. The molecule has 5 heteroatoms. The van der Waals surface area contributed by atoms with Crippen molar-refractivity contribution < 1.29 is 9.84 Å². The predicted molar refractivity (Wildman–Crippen MR) is 71.2 cm³/mol. The molecule has 4 nitrogen and oxygen atoms in total. The topological polar surface area (TPSA) is 54.4 Å². The Bertz CT molecular complexity index is 557. The van der Waals surface area contributed by atoms with E-state index in [2.05, 4.69) is 10.3 Å². The van der Waals surface area contributed by atoms with Crippen LogP contribution in [0.1, 0.15) is 10.6 Å². The second-order valence-electron chi connectivity index (χ2n) is 4.20. The lowest BCUT2D eigenvalue weighted by Crippen LogP contribution is -2.22. The highest BCUT2D eigenvalue weighted by atomic mass is 32.1. The zero-order chi connectivity index (χ0) is 12.5. The monoisotopic (exact) mass is 262 g/mol. The molecule has 0 atom stereocenters. The standard InChI is InChI=1S/C13H14N2O2S/c1-17-11-3-2-8(6-10(11)16)13-15-9-4-5-14-7-12(9)18-13/h2-3,6,14,16H,4-5,7H2,1H3. The highest BCUT2D eigenvalue weighted by Gasteiger charge is 2.16. The SMILES string of the molecule is COc1ccc(-c2nc3c(s2)CNCC3)cc1O. The summed E-state index contributed by atoms with van der Waals surface area (Å²) in [6.45, 7) is 1.89. The molecule has 1 aliphatic heterocycles. The van der Waals surface area contributed by atoms with Crippen LogP contribution in [0.5, 0.6) is 11.5 Å². The van der Waals surface area contributed by atoms with E-state index in [0.717, 1.165) is 30.1 Å². The number of methoxy groups -OCH3 is 1. The number of aromatic hydroxyl groups is 1. The number of benzene rings is 1. The number of phenols is 1. The van der Waals surface area contributed by atoms with Crippen LogP contribution in [0.4, 0.5) is 0 Å². The van der Waals surface area contributed by atoms with E-state index >= 15 is 0 Å². The van der Waals surface area contributed by atoms with Crippen LogP contribution in [-0.2, 0) is 13.0 Å². The Morgan fingerprint density at radius 1 is 1.44 bits per heavy atom. The smallest absolute Gasteiger partial charge is 0.160 e. The Kier molecular flexibility index (Phi) is 2.93. The zero-order valence-corrected chi connectivity index (χ0v) is 10.9. The van der Waals surface area contributed by atoms with Gasteiger partial charge in [0.05, 0.1) is 12.8 Å². The van der Waals surface area contributed by atoms with Gasteiger partial charge in [0, 0.05) is 30.0 Å². The molecule has 0 spiro atoms. The first-order valence-corrected chi connectivity index (χ1v) is 6.66. The van der Waals surface area contributed by atoms with E-state index in [0.29, 0.717) is 5.75 Å². The fourth-order valence-corrected chi connectivity index (χ4v) is 3.15. The molecule has 18 heavy (non-hydrogen) atoms. The van der Waals surface area contributed by atoms with E-state index in [9.17, 15) is 5.11 Å². The van der Waals surface area contributed by atoms with Gasteiger partial charge in [0.15, 0.2) is 11.5 Å². The molecule has 0 aliphatic carbocycles. The van der Waals surface area contributed by atoms with E-state index in [1.54, 1.807) is 30.6 Å². The van der Waals surface area contributed by atoms with Gasteiger partial charge in [0.1, 0.15) is 5.01 Å². The minimum Gasteiger partial charge on any atom is -0.504 e. The maximum Gasteiger partial charge on any atom is 0.160 e. The Labute approximate surface area is 109 Å². The third kappa shape index (κ3) is 1.95. The molecule has 1 aromatic carbocycles. The lowest BCUT2D eigenvalue weighted by Gasteiger charge is -2.09. The molecule has 0 saturated carbocycles. The number of hydrogen-bond acceptors (Lipinski definition) is 5. The van der Waals surface area contributed by atoms with Gasteiger partial charge in [-0.2, -0.15) is 0 Å². The first-order chi connectivity index (χ1) is 8.78. The van der Waals surface area contributed by atoms with Crippen LogP contribution < -0.4 is 10.1 Å². The third-order valence-corrected chi connectivity index (χ3v) is 4.17. The summed E-state index contributed by atoms with van der Waals surface area (Å²) < 4.78 is 5.04. The molecule has 0 unspecified atom stereocenters. The highest BCUT2D eigenvalue weighted by Crippen LogP contribution is 2.34. The number of phenolic OH excluding ortho intramolecular Hbond substituents is 1. The molecule has 1 aromatic heterocycles. The molecule has 2 N–H and O–H groups in total. The normalized spacial score (nSPS) is 14.3. The maximum absolute atomic E-state index is 9.80. The Balaban J connectivity index is 1.99. The van der Waals surface area contributed by atoms with E-state index in [-0.39, 0.29) is 5.75 Å². The average Bonchev–Trinajstić information content (AvgIpc) is 2.82. The van der Waals surface area contributed by atoms with Crippen molar-refractivity contribution in [1.29, 1.82) is 0 Å². The molecule has 0 fully saturated rings. The van der Waals surface area contributed by atoms with Gasteiger partial charge >= 0.3 is 0 Å². The first kappa shape index (κ1) is 11.5. The first-order valence-electron chi connectivity index (χ1n) is 5.84. The van der Waals surface area contributed by atoms with Gasteiger partial charge in [-0.25, -0.2) is 4.98 Å². The lowest BCUT2D eigenvalue weighted by atomic mass is 10.2. The Hall–Kier alpha value is -1.59. The summed E-state index contributed by atoms with van der Waals surface area (Å²) in [6.07, 6.45) is 0.980. The minimum atomic E-state index is 0.154. The van der Waals surface area contributed by atoms with Gasteiger partial charge in [-0.3, -0.25) is 0 Å². The van der Waals surface area contributed by atoms with Crippen LogP contribution in [0.2, 0.25) is 0 Å². The second-order valence-corrected chi connectivity index (χ2v) is 5.29. The fraction of sp³-hybridized carbons (Fsp3) is 0.308. The molecule has 0 radical (unpaired) electrons. The van der Waals surface area contributed by atoms with Gasteiger partial charge in [-0.1, -0.05) is 0 Å². The molecule has 94 valence electrons. The summed E-state index contributed by atoms with van der Waals surface area (Å²) in [6, 6.07) is 5.40. The van der Waals surface area contributed by atoms with Gasteiger partial charge in [0.2, 0.25) is 0 Å². The van der Waals surface area contributed by atoms with Gasteiger partial charge < -0.3 is 15.2 Å². The minimum absolute atomic E-state index is 0.154. The Morgan fingerprint density at radius 2 is 2.33 bits per heavy atom. The van der Waals surface area contributed by atoms with Crippen molar-refractivity contribution in [3.63, 3.8) is 0 Å². The van der Waals surface area contributed by atoms with Crippen molar-refractivity contribution in [2.24, 2.45) is 0 Å². The third-order valence-electron chi connectivity index (χ3n) is 3.03. The number of thiazole rings is 1. The van der Waals surface area contributed by atoms with Crippen molar-refractivity contribution in [1.82, 2.24) is 10.3 Å². The van der Waals surface area contributed by atoms with E-state index in [1.165, 1.54) is 10.6 Å². The van der Waals surface area contributed by atoms with Crippen LogP contribution in [0, 0.1) is 0 Å². The summed E-state index contributed by atoms with van der Waals surface area (Å²) in [5, 5.41) is 14.1. The highest BCUT2D eigenvalue weighted by molar-refractivity contribution is 7.15. The van der Waals surface area contributed by atoms with Crippen molar-refractivity contribution >= 4 is 11.3 Å². The van der Waals surface area contributed by atoms with Crippen LogP contribution in [0.15, 0.2) is 18.2 Å². The van der Waals surface area contributed by atoms with Crippen molar-refractivity contribution in [3.8, 4) is 22.1 Å². The average molecular weight is 262 g/mol. The molecule has 3 rings (SSSR count). The molecule has 0 amide bonds. The quantitative estimate of drug-likeness (QED) is 0.871. The largest absolute Gasteiger partial charge is 0.504 e. The zero-order valence-electron chi connectivity index (χ0n) is 10.1. The maximum atomic E-state index is 9.80. The predicted octanol–water partition coefficient (Wildman–Crippen LogP) is 2.17. The number of hydrogen-bond donors (Lipinski definition) is 2. The van der Waals surface area contributed by atoms with Gasteiger partial charge in [-0.15, -0.1) is 11.3 Å². The molecule has 1 aliphatic rings. The van der Waals surface area contributed by atoms with Gasteiger partial charge in [0.25, 0.3) is 0 Å². The van der Waals surface area contributed by atoms with Gasteiger partial charge in [-0.05, 0) is 18.2 Å². The summed E-state index contributed by atoms with van der Waals surface area (Å²) in [5.74, 6) is 0.642. The second kappa shape index (κ2) is 4.59. The molecule has 0 saturated heterocycles. The fourth-order valence-electron chi connectivity index (χ4n) is 2.07. The summed E-state index contributed by atoms with van der Waals surface area (Å²) in [7, 11) is 1.54. The van der Waals surface area contributed by atoms with Crippen LogP contribution in [0.25, 0.3) is 10.6 Å². The van der Waals surface area contributed by atoms with E-state index in [4.69, 9.17) is 4.74 Å². The molecule has 0 bridgehead atoms. The summed E-state index contributed by atoms with van der Waals surface area (Å²) in [5.41, 5.74) is 2.12. The van der Waals surface area contributed by atoms with E-state index in [1.807, 2.05) is 6.07 Å². The molecule has 2 aromatic rings. The summed E-state index contributed by atoms with van der Waals surface area (Å²) in [4.78, 5) is 5.94. The van der Waals surface area contributed by atoms with Crippen LogP contribution in [0.3, 0.4) is 0 Å². The van der Waals surface area contributed by atoms with Crippen LogP contribution in [-0.4, -0.2) is 23.7 Å². The number of ether oxygens (including phenoxy) is 1. The van der Waals surface area contributed by atoms with Crippen LogP contribution >= 0.6 is 11.3 Å². The molecular weight excluding hydrogens is 248 g/mol. The molecule has 2 heterocycles. The number of nitrogens with zero attached hydrogens (tertiary/aromatic N) is 1. The number of fused-ring (bicyclic) bond motifs is 1. The number of nitrogens with one attached hydrogen (secondary N) is 1. The number of aromatic nitrogens is 1. The Morgan fingerprint density at radius 3 is 3.06 bits per heavy atom. The van der Waals surface area contributed by atoms with Crippen molar-refractivity contribution in [2.75, 3.05) is 13.7 Å². The lowest BCUT2D eigenvalue weighted by molar-refractivity contribution is 0.373. The summed E-state index contributed by atoms with van der Waals surface area (Å²) >= 11 is 1.69.